The van der Waals surface area contributed by atoms with Gasteiger partial charge < -0.3 is 9.84 Å². The van der Waals surface area contributed by atoms with E-state index in [2.05, 4.69) is 15.9 Å². The molecular formula is C10H11BrO3. The van der Waals surface area contributed by atoms with Gasteiger partial charge in [-0.2, -0.15) is 0 Å². The maximum Gasteiger partial charge on any atom is 0.332 e. The van der Waals surface area contributed by atoms with Gasteiger partial charge in [0.15, 0.2) is 6.10 Å². The molecule has 0 heterocycles. The van der Waals surface area contributed by atoms with Crippen molar-refractivity contribution >= 4 is 21.9 Å². The van der Waals surface area contributed by atoms with E-state index in [1.54, 1.807) is 0 Å². The second kappa shape index (κ2) is 5.12. The molecule has 0 bridgehead atoms. The molecule has 0 saturated heterocycles. The fraction of sp³-hybridized carbons (Fsp3) is 0.300. The van der Waals surface area contributed by atoms with Crippen molar-refractivity contribution in [3.8, 4) is 0 Å². The van der Waals surface area contributed by atoms with Crippen molar-refractivity contribution in [3.05, 3.63) is 34.3 Å². The molecule has 1 aromatic rings. The van der Waals surface area contributed by atoms with Crippen molar-refractivity contribution in [1.29, 1.82) is 0 Å². The zero-order valence-electron chi connectivity index (χ0n) is 7.74. The Bertz CT molecular complexity index is 325. The van der Waals surface area contributed by atoms with Gasteiger partial charge in [0.2, 0.25) is 0 Å². The maximum atomic E-state index is 10.5. The van der Waals surface area contributed by atoms with E-state index in [1.807, 2.05) is 24.3 Å². The molecule has 0 aliphatic rings. The second-order valence-electron chi connectivity index (χ2n) is 2.92. The summed E-state index contributed by atoms with van der Waals surface area (Å²) in [5, 5.41) is 8.58. The third-order valence-electron chi connectivity index (χ3n) is 1.74. The maximum absolute atomic E-state index is 10.5. The van der Waals surface area contributed by atoms with Gasteiger partial charge in [-0.15, -0.1) is 0 Å². The fourth-order valence-electron chi connectivity index (χ4n) is 0.919. The monoisotopic (exact) mass is 258 g/mol. The number of carbonyl (C=O) groups is 1. The first kappa shape index (κ1) is 11.2. The van der Waals surface area contributed by atoms with E-state index in [-0.39, 0.29) is 0 Å². The summed E-state index contributed by atoms with van der Waals surface area (Å²) in [5.74, 6) is -0.944. The summed E-state index contributed by atoms with van der Waals surface area (Å²) >= 11 is 3.33. The van der Waals surface area contributed by atoms with Crippen LogP contribution >= 0.6 is 15.9 Å². The summed E-state index contributed by atoms with van der Waals surface area (Å²) in [6, 6.07) is 7.58. The number of carboxylic acid groups (broad SMARTS) is 1. The van der Waals surface area contributed by atoms with Gasteiger partial charge in [-0.05, 0) is 24.6 Å². The lowest BCUT2D eigenvalue weighted by Gasteiger charge is -2.08. The van der Waals surface area contributed by atoms with E-state index < -0.39 is 12.1 Å². The Hall–Kier alpha value is -0.870. The molecule has 0 amide bonds. The van der Waals surface area contributed by atoms with Crippen molar-refractivity contribution in [3.63, 3.8) is 0 Å². The Kier molecular flexibility index (Phi) is 4.10. The van der Waals surface area contributed by atoms with E-state index in [0.29, 0.717) is 6.61 Å². The molecule has 0 radical (unpaired) electrons. The number of carboxylic acids is 1. The second-order valence-corrected chi connectivity index (χ2v) is 3.84. The van der Waals surface area contributed by atoms with Gasteiger partial charge in [-0.25, -0.2) is 4.79 Å². The van der Waals surface area contributed by atoms with Gasteiger partial charge in [0.05, 0.1) is 6.61 Å². The third kappa shape index (κ3) is 3.47. The molecule has 76 valence electrons. The highest BCUT2D eigenvalue weighted by atomic mass is 79.9. The van der Waals surface area contributed by atoms with E-state index in [9.17, 15) is 4.79 Å². The summed E-state index contributed by atoms with van der Waals surface area (Å²) < 4.78 is 6.08. The highest BCUT2D eigenvalue weighted by molar-refractivity contribution is 9.10. The Balaban J connectivity index is 2.49. The van der Waals surface area contributed by atoms with Crippen LogP contribution in [0, 0.1) is 0 Å². The molecule has 0 aliphatic carbocycles. The zero-order chi connectivity index (χ0) is 10.6. The first-order chi connectivity index (χ1) is 6.59. The number of ether oxygens (including phenoxy) is 1. The predicted molar refractivity (Wildman–Crippen MR) is 56.0 cm³/mol. The van der Waals surface area contributed by atoms with Crippen LogP contribution in [0.25, 0.3) is 0 Å². The summed E-state index contributed by atoms with van der Waals surface area (Å²) in [7, 11) is 0. The van der Waals surface area contributed by atoms with E-state index in [4.69, 9.17) is 9.84 Å². The molecule has 14 heavy (non-hydrogen) atoms. The van der Waals surface area contributed by atoms with E-state index in [1.165, 1.54) is 6.92 Å². The number of halogens is 1. The van der Waals surface area contributed by atoms with Crippen molar-refractivity contribution in [2.24, 2.45) is 0 Å². The lowest BCUT2D eigenvalue weighted by Crippen LogP contribution is -2.19. The summed E-state index contributed by atoms with van der Waals surface area (Å²) in [6.45, 7) is 1.83. The molecule has 4 heteroatoms. The van der Waals surface area contributed by atoms with Gasteiger partial charge in [-0.3, -0.25) is 0 Å². The van der Waals surface area contributed by atoms with Crippen LogP contribution < -0.4 is 0 Å². The standard InChI is InChI=1S/C10H11BrO3/c1-7(10(12)13)14-6-8-3-2-4-9(11)5-8/h2-5,7H,6H2,1H3,(H,12,13). The van der Waals surface area contributed by atoms with Crippen molar-refractivity contribution < 1.29 is 14.6 Å². The van der Waals surface area contributed by atoms with Crippen LogP contribution in [-0.2, 0) is 16.1 Å². The summed E-state index contributed by atoms with van der Waals surface area (Å²) in [6.07, 6.45) is -0.769. The number of benzene rings is 1. The Morgan fingerprint density at radius 2 is 2.36 bits per heavy atom. The van der Waals surface area contributed by atoms with Gasteiger partial charge in [0, 0.05) is 4.47 Å². The highest BCUT2D eigenvalue weighted by Gasteiger charge is 2.10. The van der Waals surface area contributed by atoms with Crippen LogP contribution in [0.4, 0.5) is 0 Å². The van der Waals surface area contributed by atoms with E-state index in [0.717, 1.165) is 10.0 Å². The Labute approximate surface area is 90.8 Å². The molecule has 0 spiro atoms. The Morgan fingerprint density at radius 3 is 2.93 bits per heavy atom. The van der Waals surface area contributed by atoms with Gasteiger partial charge in [-0.1, -0.05) is 28.1 Å². The van der Waals surface area contributed by atoms with Crippen LogP contribution in [0.1, 0.15) is 12.5 Å². The minimum atomic E-state index is -0.944. The van der Waals surface area contributed by atoms with Gasteiger partial charge in [0.25, 0.3) is 0 Å². The molecule has 1 aromatic carbocycles. The molecule has 0 fully saturated rings. The van der Waals surface area contributed by atoms with Crippen molar-refractivity contribution in [1.82, 2.24) is 0 Å². The Morgan fingerprint density at radius 1 is 1.64 bits per heavy atom. The molecule has 1 rings (SSSR count). The van der Waals surface area contributed by atoms with Gasteiger partial charge in [0.1, 0.15) is 0 Å². The molecule has 1 atom stereocenters. The number of rotatable bonds is 4. The minimum absolute atomic E-state index is 0.312. The molecule has 1 N–H and O–H groups in total. The largest absolute Gasteiger partial charge is 0.479 e. The normalized spacial score (nSPS) is 12.4. The average Bonchev–Trinajstić information content (AvgIpc) is 2.14. The van der Waals surface area contributed by atoms with Crippen molar-refractivity contribution in [2.45, 2.75) is 19.6 Å². The number of hydrogen-bond acceptors (Lipinski definition) is 2. The average molecular weight is 259 g/mol. The zero-order valence-corrected chi connectivity index (χ0v) is 9.32. The fourth-order valence-corrected chi connectivity index (χ4v) is 1.37. The predicted octanol–water partition coefficient (Wildman–Crippen LogP) is 2.44. The summed E-state index contributed by atoms with van der Waals surface area (Å²) in [4.78, 5) is 10.5. The lowest BCUT2D eigenvalue weighted by molar-refractivity contribution is -0.149. The molecule has 0 saturated carbocycles. The minimum Gasteiger partial charge on any atom is -0.479 e. The first-order valence-corrected chi connectivity index (χ1v) is 4.98. The van der Waals surface area contributed by atoms with Crippen molar-refractivity contribution in [2.75, 3.05) is 0 Å². The molecule has 0 aromatic heterocycles. The van der Waals surface area contributed by atoms with Crippen LogP contribution in [0.2, 0.25) is 0 Å². The molecule has 1 unspecified atom stereocenters. The SMILES string of the molecule is CC(OCc1cccc(Br)c1)C(=O)O. The summed E-state index contributed by atoms with van der Waals surface area (Å²) in [5.41, 5.74) is 0.951. The van der Waals surface area contributed by atoms with Crippen LogP contribution in [0.5, 0.6) is 0 Å². The van der Waals surface area contributed by atoms with Gasteiger partial charge >= 0.3 is 5.97 Å². The smallest absolute Gasteiger partial charge is 0.332 e. The molecular weight excluding hydrogens is 248 g/mol. The lowest BCUT2D eigenvalue weighted by atomic mass is 10.2. The van der Waals surface area contributed by atoms with Crippen LogP contribution in [-0.4, -0.2) is 17.2 Å². The quantitative estimate of drug-likeness (QED) is 0.903. The third-order valence-corrected chi connectivity index (χ3v) is 2.23. The number of aliphatic carboxylic acids is 1. The topological polar surface area (TPSA) is 46.5 Å². The first-order valence-electron chi connectivity index (χ1n) is 4.18. The van der Waals surface area contributed by atoms with E-state index >= 15 is 0 Å². The number of hydrogen-bond donors (Lipinski definition) is 1. The molecule has 0 aliphatic heterocycles. The highest BCUT2D eigenvalue weighted by Crippen LogP contribution is 2.12. The van der Waals surface area contributed by atoms with Crippen LogP contribution in [0.15, 0.2) is 28.7 Å². The molecule has 3 nitrogen and oxygen atoms in total. The van der Waals surface area contributed by atoms with Crippen LogP contribution in [0.3, 0.4) is 0 Å².